The highest BCUT2D eigenvalue weighted by atomic mass is 19.1. The summed E-state index contributed by atoms with van der Waals surface area (Å²) in [5.41, 5.74) is 2.07. The molecule has 0 amide bonds. The number of H-pyrrole nitrogens is 1. The zero-order valence-electron chi connectivity index (χ0n) is 10.7. The monoisotopic (exact) mass is 268 g/mol. The summed E-state index contributed by atoms with van der Waals surface area (Å²) < 4.78 is 12.8. The van der Waals surface area contributed by atoms with Gasteiger partial charge in [0, 0.05) is 17.4 Å². The molecule has 20 heavy (non-hydrogen) atoms. The lowest BCUT2D eigenvalue weighted by Gasteiger charge is -2.07. The lowest BCUT2D eigenvalue weighted by Crippen LogP contribution is -2.13. The lowest BCUT2D eigenvalue weighted by atomic mass is 10.2. The molecule has 0 saturated carbocycles. The molecule has 2 N–H and O–H groups in total. The van der Waals surface area contributed by atoms with Crippen molar-refractivity contribution >= 4 is 16.6 Å². The third-order valence-electron chi connectivity index (χ3n) is 3.15. The molecule has 0 fully saturated rings. The summed E-state index contributed by atoms with van der Waals surface area (Å²) in [6.45, 7) is 0.474. The van der Waals surface area contributed by atoms with Crippen LogP contribution in [0.15, 0.2) is 59.4 Å². The van der Waals surface area contributed by atoms with Gasteiger partial charge in [-0.3, -0.25) is 4.79 Å². The Morgan fingerprint density at radius 3 is 2.60 bits per heavy atom. The summed E-state index contributed by atoms with van der Waals surface area (Å²) in [6, 6.07) is 15.6. The topological polar surface area (TPSA) is 44.9 Å². The Labute approximate surface area is 115 Å². The molecule has 100 valence electrons. The molecule has 0 saturated heterocycles. The highest BCUT2D eigenvalue weighted by molar-refractivity contribution is 5.81. The number of hydrogen-bond donors (Lipinski definition) is 2. The average molecular weight is 268 g/mol. The van der Waals surface area contributed by atoms with Crippen molar-refractivity contribution in [1.29, 1.82) is 0 Å². The Kier molecular flexibility index (Phi) is 3.21. The highest BCUT2D eigenvalue weighted by Gasteiger charge is 2.02. The van der Waals surface area contributed by atoms with E-state index in [1.54, 1.807) is 12.1 Å². The molecule has 0 aliphatic rings. The van der Waals surface area contributed by atoms with Crippen molar-refractivity contribution in [1.82, 2.24) is 4.98 Å². The van der Waals surface area contributed by atoms with Crippen LogP contribution in [-0.4, -0.2) is 4.98 Å². The van der Waals surface area contributed by atoms with Crippen molar-refractivity contribution in [2.24, 2.45) is 0 Å². The first kappa shape index (κ1) is 12.4. The molecule has 0 aliphatic carbocycles. The van der Waals surface area contributed by atoms with Gasteiger partial charge in [-0.15, -0.1) is 0 Å². The Morgan fingerprint density at radius 2 is 1.80 bits per heavy atom. The van der Waals surface area contributed by atoms with Crippen molar-refractivity contribution in [2.45, 2.75) is 6.54 Å². The summed E-state index contributed by atoms with van der Waals surface area (Å²) in [7, 11) is 0. The molecule has 0 aliphatic heterocycles. The van der Waals surface area contributed by atoms with Crippen LogP contribution in [-0.2, 0) is 6.54 Å². The number of pyridine rings is 1. The van der Waals surface area contributed by atoms with Crippen molar-refractivity contribution in [3.8, 4) is 0 Å². The maximum absolute atomic E-state index is 12.8. The predicted molar refractivity (Wildman–Crippen MR) is 78.3 cm³/mol. The van der Waals surface area contributed by atoms with Gasteiger partial charge in [-0.1, -0.05) is 30.3 Å². The van der Waals surface area contributed by atoms with Gasteiger partial charge in [0.25, 0.3) is 5.56 Å². The van der Waals surface area contributed by atoms with Crippen LogP contribution in [0.1, 0.15) is 5.56 Å². The minimum absolute atomic E-state index is 0.161. The standard InChI is InChI=1S/C16H13FN2O/c17-13-7-5-11(6-8-13)10-18-15-9-12-3-1-2-4-14(12)19-16(15)20/h1-9,18H,10H2,(H,19,20). The third-order valence-corrected chi connectivity index (χ3v) is 3.15. The minimum Gasteiger partial charge on any atom is -0.376 e. The molecule has 0 bridgehead atoms. The Bertz CT molecular complexity index is 793. The van der Waals surface area contributed by atoms with Crippen LogP contribution in [0, 0.1) is 5.82 Å². The second kappa shape index (κ2) is 5.17. The van der Waals surface area contributed by atoms with Crippen LogP contribution >= 0.6 is 0 Å². The van der Waals surface area contributed by atoms with E-state index >= 15 is 0 Å². The van der Waals surface area contributed by atoms with Gasteiger partial charge in [0.1, 0.15) is 11.5 Å². The van der Waals surface area contributed by atoms with Crippen LogP contribution in [0.3, 0.4) is 0 Å². The molecule has 0 radical (unpaired) electrons. The van der Waals surface area contributed by atoms with Crippen molar-refractivity contribution in [3.63, 3.8) is 0 Å². The number of fused-ring (bicyclic) bond motifs is 1. The average Bonchev–Trinajstić information content (AvgIpc) is 2.47. The van der Waals surface area contributed by atoms with Crippen LogP contribution < -0.4 is 10.9 Å². The lowest BCUT2D eigenvalue weighted by molar-refractivity contribution is 0.627. The number of aromatic amines is 1. The zero-order chi connectivity index (χ0) is 13.9. The number of rotatable bonds is 3. The first-order valence-electron chi connectivity index (χ1n) is 6.33. The SMILES string of the molecule is O=c1[nH]c2ccccc2cc1NCc1ccc(F)cc1. The minimum atomic E-state index is -0.266. The molecule has 1 aromatic heterocycles. The molecule has 1 heterocycles. The highest BCUT2D eigenvalue weighted by Crippen LogP contribution is 2.13. The first-order chi connectivity index (χ1) is 9.72. The summed E-state index contributed by atoms with van der Waals surface area (Å²) >= 11 is 0. The first-order valence-corrected chi connectivity index (χ1v) is 6.33. The van der Waals surface area contributed by atoms with Gasteiger partial charge in [0.05, 0.1) is 0 Å². The van der Waals surface area contributed by atoms with Gasteiger partial charge >= 0.3 is 0 Å². The molecular formula is C16H13FN2O. The van der Waals surface area contributed by atoms with Gasteiger partial charge in [0.15, 0.2) is 0 Å². The molecule has 4 heteroatoms. The van der Waals surface area contributed by atoms with Crippen molar-refractivity contribution in [3.05, 3.63) is 76.3 Å². The Hall–Kier alpha value is -2.62. The molecule has 0 atom stereocenters. The number of hydrogen-bond acceptors (Lipinski definition) is 2. The van der Waals surface area contributed by atoms with Gasteiger partial charge in [-0.05, 0) is 29.8 Å². The van der Waals surface area contributed by atoms with Crippen LogP contribution in [0.4, 0.5) is 10.1 Å². The van der Waals surface area contributed by atoms with Crippen LogP contribution in [0.2, 0.25) is 0 Å². The van der Waals surface area contributed by atoms with E-state index in [4.69, 9.17) is 0 Å². The van der Waals surface area contributed by atoms with E-state index in [2.05, 4.69) is 10.3 Å². The van der Waals surface area contributed by atoms with Gasteiger partial charge in [-0.25, -0.2) is 4.39 Å². The second-order valence-electron chi connectivity index (χ2n) is 4.58. The summed E-state index contributed by atoms with van der Waals surface area (Å²) in [6.07, 6.45) is 0. The van der Waals surface area contributed by atoms with Gasteiger partial charge in [-0.2, -0.15) is 0 Å². The van der Waals surface area contributed by atoms with E-state index in [1.165, 1.54) is 12.1 Å². The Balaban J connectivity index is 1.85. The fourth-order valence-electron chi connectivity index (χ4n) is 2.08. The van der Waals surface area contributed by atoms with Crippen LogP contribution in [0.5, 0.6) is 0 Å². The maximum Gasteiger partial charge on any atom is 0.271 e. The maximum atomic E-state index is 12.8. The van der Waals surface area contributed by atoms with E-state index in [0.29, 0.717) is 12.2 Å². The second-order valence-corrected chi connectivity index (χ2v) is 4.58. The predicted octanol–water partition coefficient (Wildman–Crippen LogP) is 3.28. The molecule has 2 aromatic carbocycles. The summed E-state index contributed by atoms with van der Waals surface area (Å²) in [5.74, 6) is -0.266. The fourth-order valence-corrected chi connectivity index (χ4v) is 2.08. The normalized spacial score (nSPS) is 10.7. The number of benzene rings is 2. The van der Waals surface area contributed by atoms with Crippen LogP contribution in [0.25, 0.3) is 10.9 Å². The van der Waals surface area contributed by atoms with Crippen molar-refractivity contribution in [2.75, 3.05) is 5.32 Å². The zero-order valence-corrected chi connectivity index (χ0v) is 10.7. The summed E-state index contributed by atoms with van der Waals surface area (Å²) in [5, 5.41) is 4.04. The molecule has 3 nitrogen and oxygen atoms in total. The Morgan fingerprint density at radius 1 is 1.05 bits per heavy atom. The van der Waals surface area contributed by atoms with Crippen molar-refractivity contribution < 1.29 is 4.39 Å². The molecule has 0 unspecified atom stereocenters. The quantitative estimate of drug-likeness (QED) is 0.765. The van der Waals surface area contributed by atoms with E-state index in [1.807, 2.05) is 30.3 Å². The van der Waals surface area contributed by atoms with E-state index in [0.717, 1.165) is 16.5 Å². The summed E-state index contributed by atoms with van der Waals surface area (Å²) in [4.78, 5) is 14.8. The van der Waals surface area contributed by atoms with Gasteiger partial charge < -0.3 is 10.3 Å². The molecular weight excluding hydrogens is 255 g/mol. The fraction of sp³-hybridized carbons (Fsp3) is 0.0625. The third kappa shape index (κ3) is 2.54. The number of nitrogens with one attached hydrogen (secondary N) is 2. The number of para-hydroxylation sites is 1. The number of aromatic nitrogens is 1. The largest absolute Gasteiger partial charge is 0.376 e. The van der Waals surface area contributed by atoms with E-state index in [-0.39, 0.29) is 11.4 Å². The smallest absolute Gasteiger partial charge is 0.271 e. The van der Waals surface area contributed by atoms with Gasteiger partial charge in [0.2, 0.25) is 0 Å². The van der Waals surface area contributed by atoms with E-state index in [9.17, 15) is 9.18 Å². The number of anilines is 1. The van der Waals surface area contributed by atoms with E-state index < -0.39 is 0 Å². The molecule has 3 rings (SSSR count). The number of halogens is 1. The molecule has 0 spiro atoms. The molecule has 3 aromatic rings.